The molecule has 2 aliphatic rings. The van der Waals surface area contributed by atoms with Gasteiger partial charge in [-0.1, -0.05) is 31.2 Å². The van der Waals surface area contributed by atoms with Crippen molar-refractivity contribution in [2.24, 2.45) is 0 Å². The van der Waals surface area contributed by atoms with Crippen molar-refractivity contribution in [3.8, 4) is 0 Å². The summed E-state index contributed by atoms with van der Waals surface area (Å²) in [4.78, 5) is 4.33. The molecule has 0 fully saturated rings. The molecule has 1 unspecified atom stereocenters. The van der Waals surface area contributed by atoms with E-state index >= 15 is 0 Å². The van der Waals surface area contributed by atoms with Crippen LogP contribution in [0.3, 0.4) is 0 Å². The number of allylic oxidation sites excluding steroid dienone is 3. The van der Waals surface area contributed by atoms with Gasteiger partial charge in [0.05, 0.1) is 0 Å². The second-order valence-electron chi connectivity index (χ2n) is 7.18. The lowest BCUT2D eigenvalue weighted by molar-refractivity contribution is 0.0377. The van der Waals surface area contributed by atoms with Gasteiger partial charge in [-0.25, -0.2) is 0 Å². The minimum absolute atomic E-state index is 0.0236. The van der Waals surface area contributed by atoms with E-state index in [2.05, 4.69) is 36.9 Å². The van der Waals surface area contributed by atoms with Crippen LogP contribution >= 0.6 is 0 Å². The summed E-state index contributed by atoms with van der Waals surface area (Å²) in [5.41, 5.74) is 6.61. The minimum atomic E-state index is -0.694. The van der Waals surface area contributed by atoms with E-state index in [9.17, 15) is 5.11 Å². The Balaban J connectivity index is 1.72. The van der Waals surface area contributed by atoms with Crippen molar-refractivity contribution < 1.29 is 10.2 Å². The maximum absolute atomic E-state index is 10.3. The highest BCUT2D eigenvalue weighted by Crippen LogP contribution is 2.24. The van der Waals surface area contributed by atoms with E-state index in [1.807, 2.05) is 29.3 Å². The van der Waals surface area contributed by atoms with Gasteiger partial charge in [0.15, 0.2) is 0 Å². The van der Waals surface area contributed by atoms with Crippen molar-refractivity contribution in [2.75, 3.05) is 19.7 Å². The van der Waals surface area contributed by atoms with Crippen LogP contribution in [0.5, 0.6) is 0 Å². The lowest BCUT2D eigenvalue weighted by Crippen LogP contribution is -2.35. The van der Waals surface area contributed by atoms with Crippen LogP contribution < -0.4 is 0 Å². The Morgan fingerprint density at radius 2 is 2.08 bits per heavy atom. The van der Waals surface area contributed by atoms with Crippen molar-refractivity contribution >= 4 is 0 Å². The second kappa shape index (κ2) is 8.67. The zero-order valence-electron chi connectivity index (χ0n) is 15.9. The van der Waals surface area contributed by atoms with E-state index in [4.69, 9.17) is 5.11 Å². The van der Waals surface area contributed by atoms with Crippen LogP contribution in [0, 0.1) is 0 Å². The zero-order chi connectivity index (χ0) is 18.5. The van der Waals surface area contributed by atoms with Crippen molar-refractivity contribution in [3.63, 3.8) is 0 Å². The molecule has 3 rings (SSSR count). The van der Waals surface area contributed by atoms with Gasteiger partial charge in [0.25, 0.3) is 0 Å². The Morgan fingerprint density at radius 1 is 1.23 bits per heavy atom. The first kappa shape index (κ1) is 18.9. The molecule has 2 aliphatic heterocycles. The normalized spacial score (nSPS) is 20.2. The van der Waals surface area contributed by atoms with Gasteiger partial charge in [0.1, 0.15) is 6.23 Å². The standard InChI is InChI=1S/C22H30N2O2/c1-3-18-7-8-20-16-23(12-9-19(20)14-18)15-17(2)21-6-4-5-11-24(21)22(26)10-13-25/h4-8,11,14,22,25-26H,3,9-10,12-13,15-16H2,1-2H3/b21-17+. The summed E-state index contributed by atoms with van der Waals surface area (Å²) < 4.78 is 0. The third kappa shape index (κ3) is 4.26. The molecule has 0 radical (unpaired) electrons. The molecule has 26 heavy (non-hydrogen) atoms. The molecule has 0 saturated heterocycles. The predicted molar refractivity (Wildman–Crippen MR) is 105 cm³/mol. The number of hydrogen-bond acceptors (Lipinski definition) is 4. The summed E-state index contributed by atoms with van der Waals surface area (Å²) in [5.74, 6) is 0. The molecule has 0 bridgehead atoms. The highest BCUT2D eigenvalue weighted by molar-refractivity contribution is 5.35. The Kier molecular flexibility index (Phi) is 6.30. The van der Waals surface area contributed by atoms with Crippen molar-refractivity contribution in [3.05, 3.63) is 70.6 Å². The first-order valence-corrected chi connectivity index (χ1v) is 9.57. The lowest BCUT2D eigenvalue weighted by atomic mass is 9.96. The number of nitrogens with zero attached hydrogens (tertiary/aromatic N) is 2. The van der Waals surface area contributed by atoms with Crippen LogP contribution in [-0.2, 0) is 19.4 Å². The van der Waals surface area contributed by atoms with Gasteiger partial charge >= 0.3 is 0 Å². The molecular weight excluding hydrogens is 324 g/mol. The van der Waals surface area contributed by atoms with E-state index in [-0.39, 0.29) is 6.61 Å². The molecule has 0 amide bonds. The summed E-state index contributed by atoms with van der Waals surface area (Å²) in [7, 11) is 0. The molecule has 2 N–H and O–H groups in total. The number of fused-ring (bicyclic) bond motifs is 1. The van der Waals surface area contributed by atoms with Crippen molar-refractivity contribution in [1.29, 1.82) is 0 Å². The Bertz CT molecular complexity index is 721. The van der Waals surface area contributed by atoms with Gasteiger partial charge in [-0.3, -0.25) is 4.90 Å². The van der Waals surface area contributed by atoms with Crippen LogP contribution in [0.2, 0.25) is 0 Å². The van der Waals surface area contributed by atoms with E-state index < -0.39 is 6.23 Å². The first-order chi connectivity index (χ1) is 12.6. The molecule has 0 saturated carbocycles. The van der Waals surface area contributed by atoms with Gasteiger partial charge in [0.2, 0.25) is 0 Å². The first-order valence-electron chi connectivity index (χ1n) is 9.57. The molecule has 1 aromatic carbocycles. The molecule has 0 aliphatic carbocycles. The van der Waals surface area contributed by atoms with Gasteiger partial charge in [-0.15, -0.1) is 0 Å². The van der Waals surface area contributed by atoms with Gasteiger partial charge in [-0.2, -0.15) is 0 Å². The van der Waals surface area contributed by atoms with Gasteiger partial charge < -0.3 is 15.1 Å². The largest absolute Gasteiger partial charge is 0.396 e. The summed E-state index contributed by atoms with van der Waals surface area (Å²) >= 11 is 0. The molecule has 4 heteroatoms. The van der Waals surface area contributed by atoms with Crippen LogP contribution in [-0.4, -0.2) is 45.9 Å². The number of aryl methyl sites for hydroxylation is 1. The Hall–Kier alpha value is -1.88. The van der Waals surface area contributed by atoms with Crippen LogP contribution in [0.25, 0.3) is 0 Å². The number of aliphatic hydroxyl groups excluding tert-OH is 2. The van der Waals surface area contributed by atoms with Crippen LogP contribution in [0.4, 0.5) is 0 Å². The van der Waals surface area contributed by atoms with Gasteiger partial charge in [0, 0.05) is 44.6 Å². The van der Waals surface area contributed by atoms with E-state index in [1.54, 1.807) is 0 Å². The second-order valence-corrected chi connectivity index (χ2v) is 7.18. The molecule has 1 atom stereocenters. The summed E-state index contributed by atoms with van der Waals surface area (Å²) in [6.45, 7) is 7.23. The third-order valence-corrected chi connectivity index (χ3v) is 5.27. The number of aliphatic hydroxyl groups is 2. The summed E-state index contributed by atoms with van der Waals surface area (Å²) in [5, 5.41) is 19.4. The minimum Gasteiger partial charge on any atom is -0.396 e. The fourth-order valence-electron chi connectivity index (χ4n) is 3.77. The van der Waals surface area contributed by atoms with Gasteiger partial charge in [-0.05, 0) is 54.2 Å². The van der Waals surface area contributed by atoms with Crippen LogP contribution in [0.15, 0.2) is 53.9 Å². The average Bonchev–Trinajstić information content (AvgIpc) is 2.67. The van der Waals surface area contributed by atoms with E-state index in [1.165, 1.54) is 22.3 Å². The maximum Gasteiger partial charge on any atom is 0.132 e. The Morgan fingerprint density at radius 3 is 2.85 bits per heavy atom. The smallest absolute Gasteiger partial charge is 0.132 e. The number of benzene rings is 1. The highest BCUT2D eigenvalue weighted by atomic mass is 16.3. The monoisotopic (exact) mass is 354 g/mol. The van der Waals surface area contributed by atoms with E-state index in [0.29, 0.717) is 6.42 Å². The summed E-state index contributed by atoms with van der Waals surface area (Å²) in [6, 6.07) is 6.89. The summed E-state index contributed by atoms with van der Waals surface area (Å²) in [6.07, 6.45) is 9.68. The number of hydrogen-bond donors (Lipinski definition) is 2. The molecular formula is C22H30N2O2. The van der Waals surface area contributed by atoms with Crippen molar-refractivity contribution in [2.45, 2.75) is 45.9 Å². The molecule has 140 valence electrons. The highest BCUT2D eigenvalue weighted by Gasteiger charge is 2.21. The zero-order valence-corrected chi connectivity index (χ0v) is 15.9. The lowest BCUT2D eigenvalue weighted by Gasteiger charge is -2.33. The topological polar surface area (TPSA) is 46.9 Å². The number of rotatable bonds is 6. The molecule has 1 aromatic rings. The Labute approximate surface area is 156 Å². The predicted octanol–water partition coefficient (Wildman–Crippen LogP) is 2.97. The maximum atomic E-state index is 10.3. The molecule has 4 nitrogen and oxygen atoms in total. The fraction of sp³-hybridized carbons (Fsp3) is 0.455. The SMILES string of the molecule is CCc1ccc2c(c1)CCN(C/C(C)=C1\C=CC=CN1C(O)CCO)C2. The fourth-order valence-corrected chi connectivity index (χ4v) is 3.77. The molecule has 2 heterocycles. The third-order valence-electron chi connectivity index (χ3n) is 5.27. The van der Waals surface area contributed by atoms with E-state index in [0.717, 1.165) is 38.2 Å². The average molecular weight is 354 g/mol. The molecule has 0 spiro atoms. The van der Waals surface area contributed by atoms with Crippen molar-refractivity contribution in [1.82, 2.24) is 9.80 Å². The quantitative estimate of drug-likeness (QED) is 0.825. The molecule has 0 aromatic heterocycles. The van der Waals surface area contributed by atoms with Crippen LogP contribution in [0.1, 0.15) is 37.0 Å².